The van der Waals surface area contributed by atoms with Gasteiger partial charge in [-0.05, 0) is 42.0 Å². The summed E-state index contributed by atoms with van der Waals surface area (Å²) in [5.74, 6) is 0.391. The molecule has 5 heteroatoms. The summed E-state index contributed by atoms with van der Waals surface area (Å²) in [5, 5.41) is 0. The number of nitrogen functional groups attached to an aromatic ring is 1. The Kier molecular flexibility index (Phi) is 4.63. The smallest absolute Gasteiger partial charge is 0.240 e. The zero-order valence-electron chi connectivity index (χ0n) is 12.3. The molecule has 19 heavy (non-hydrogen) atoms. The number of anilines is 1. The van der Waals surface area contributed by atoms with E-state index < -0.39 is 10.0 Å². The van der Waals surface area contributed by atoms with Crippen molar-refractivity contribution >= 4 is 15.7 Å². The molecule has 3 N–H and O–H groups in total. The van der Waals surface area contributed by atoms with Crippen LogP contribution in [0.15, 0.2) is 23.1 Å². The summed E-state index contributed by atoms with van der Waals surface area (Å²) in [6.45, 7) is 10.4. The second-order valence-corrected chi connectivity index (χ2v) is 7.73. The molecular formula is C14H24N2O2S. The monoisotopic (exact) mass is 284 g/mol. The van der Waals surface area contributed by atoms with E-state index in [4.69, 9.17) is 5.73 Å². The largest absolute Gasteiger partial charge is 0.399 e. The highest BCUT2D eigenvalue weighted by Gasteiger charge is 2.26. The number of nitrogens with two attached hydrogens (primary N) is 1. The van der Waals surface area contributed by atoms with E-state index in [1.165, 1.54) is 0 Å². The summed E-state index contributed by atoms with van der Waals surface area (Å²) in [7, 11) is -3.48. The third-order valence-electron chi connectivity index (χ3n) is 3.77. The van der Waals surface area contributed by atoms with Crippen molar-refractivity contribution in [1.82, 2.24) is 4.72 Å². The summed E-state index contributed by atoms with van der Waals surface area (Å²) in [4.78, 5) is 0.293. The van der Waals surface area contributed by atoms with Crippen LogP contribution in [-0.4, -0.2) is 15.0 Å². The summed E-state index contributed by atoms with van der Waals surface area (Å²) in [6.07, 6.45) is 0. The van der Waals surface area contributed by atoms with E-state index in [1.54, 1.807) is 25.1 Å². The van der Waals surface area contributed by atoms with Crippen molar-refractivity contribution in [1.29, 1.82) is 0 Å². The molecule has 0 aliphatic carbocycles. The van der Waals surface area contributed by atoms with E-state index in [0.29, 0.717) is 28.6 Å². The Morgan fingerprint density at radius 3 is 2.37 bits per heavy atom. The minimum atomic E-state index is -3.48. The highest BCUT2D eigenvalue weighted by atomic mass is 32.2. The van der Waals surface area contributed by atoms with Crippen LogP contribution in [0.2, 0.25) is 0 Å². The van der Waals surface area contributed by atoms with Crippen LogP contribution in [0.5, 0.6) is 0 Å². The normalized spacial score (nSPS) is 12.9. The first-order valence-corrected chi connectivity index (χ1v) is 7.90. The fourth-order valence-electron chi connectivity index (χ4n) is 1.54. The van der Waals surface area contributed by atoms with Gasteiger partial charge in [-0.15, -0.1) is 0 Å². The number of hydrogen-bond acceptors (Lipinski definition) is 3. The average molecular weight is 284 g/mol. The van der Waals surface area contributed by atoms with E-state index in [9.17, 15) is 8.42 Å². The molecule has 0 bridgehead atoms. The number of sulfonamides is 1. The maximum atomic E-state index is 12.3. The van der Waals surface area contributed by atoms with Gasteiger partial charge in [-0.2, -0.15) is 0 Å². The van der Waals surface area contributed by atoms with Gasteiger partial charge in [-0.3, -0.25) is 0 Å². The van der Waals surface area contributed by atoms with Crippen LogP contribution in [0.25, 0.3) is 0 Å². The molecule has 0 aliphatic heterocycles. The van der Waals surface area contributed by atoms with Gasteiger partial charge >= 0.3 is 0 Å². The van der Waals surface area contributed by atoms with Gasteiger partial charge in [0.05, 0.1) is 4.90 Å². The van der Waals surface area contributed by atoms with Gasteiger partial charge < -0.3 is 5.73 Å². The SMILES string of the molecule is Cc1cc(N)ccc1S(=O)(=O)NCC(C)(C)C(C)C. The number of aryl methyl sites for hydroxylation is 1. The Hall–Kier alpha value is -1.07. The first-order chi connectivity index (χ1) is 8.56. The Labute approximate surface area is 116 Å². The molecule has 0 unspecified atom stereocenters. The van der Waals surface area contributed by atoms with Gasteiger partial charge in [-0.1, -0.05) is 27.7 Å². The molecule has 0 radical (unpaired) electrons. The highest BCUT2D eigenvalue weighted by Crippen LogP contribution is 2.26. The van der Waals surface area contributed by atoms with E-state index in [0.717, 1.165) is 0 Å². The average Bonchev–Trinajstić information content (AvgIpc) is 2.26. The molecule has 0 saturated heterocycles. The first-order valence-electron chi connectivity index (χ1n) is 6.42. The van der Waals surface area contributed by atoms with Crippen molar-refractivity contribution < 1.29 is 8.42 Å². The van der Waals surface area contributed by atoms with E-state index in [-0.39, 0.29) is 5.41 Å². The maximum absolute atomic E-state index is 12.3. The summed E-state index contributed by atoms with van der Waals surface area (Å²) in [6, 6.07) is 4.83. The van der Waals surface area contributed by atoms with Gasteiger partial charge in [0, 0.05) is 12.2 Å². The fourth-order valence-corrected chi connectivity index (χ4v) is 2.98. The van der Waals surface area contributed by atoms with Gasteiger partial charge in [0.25, 0.3) is 0 Å². The van der Waals surface area contributed by atoms with Crippen molar-refractivity contribution in [3.63, 3.8) is 0 Å². The van der Waals surface area contributed by atoms with Crippen LogP contribution in [0.3, 0.4) is 0 Å². The third-order valence-corrected chi connectivity index (χ3v) is 5.33. The van der Waals surface area contributed by atoms with Crippen LogP contribution in [0.1, 0.15) is 33.3 Å². The molecule has 4 nitrogen and oxygen atoms in total. The van der Waals surface area contributed by atoms with E-state index >= 15 is 0 Å². The second kappa shape index (κ2) is 5.51. The van der Waals surface area contributed by atoms with Crippen molar-refractivity contribution in [2.45, 2.75) is 39.5 Å². The third kappa shape index (κ3) is 3.94. The molecule has 0 saturated carbocycles. The van der Waals surface area contributed by atoms with Crippen molar-refractivity contribution in [2.75, 3.05) is 12.3 Å². The molecular weight excluding hydrogens is 260 g/mol. The molecule has 0 atom stereocenters. The number of rotatable bonds is 5. The lowest BCUT2D eigenvalue weighted by Gasteiger charge is -2.29. The lowest BCUT2D eigenvalue weighted by atomic mass is 9.81. The first kappa shape index (κ1) is 16.0. The number of nitrogens with one attached hydrogen (secondary N) is 1. The molecule has 0 fully saturated rings. The predicted octanol–water partition coefficient (Wildman–Crippen LogP) is 2.54. The Bertz CT molecular complexity index is 549. The second-order valence-electron chi connectivity index (χ2n) is 5.99. The molecule has 0 amide bonds. The van der Waals surface area contributed by atoms with Crippen LogP contribution in [0.4, 0.5) is 5.69 Å². The minimum Gasteiger partial charge on any atom is -0.399 e. The predicted molar refractivity (Wildman–Crippen MR) is 79.4 cm³/mol. The molecule has 0 aromatic heterocycles. The molecule has 0 aliphatic rings. The topological polar surface area (TPSA) is 72.2 Å². The van der Waals surface area contributed by atoms with Crippen molar-refractivity contribution in [2.24, 2.45) is 11.3 Å². The van der Waals surface area contributed by atoms with Crippen molar-refractivity contribution in [3.05, 3.63) is 23.8 Å². The van der Waals surface area contributed by atoms with Gasteiger partial charge in [0.2, 0.25) is 10.0 Å². The van der Waals surface area contributed by atoms with Gasteiger partial charge in [0.15, 0.2) is 0 Å². The summed E-state index contributed by atoms with van der Waals surface area (Å²) in [5.41, 5.74) is 6.78. The summed E-state index contributed by atoms with van der Waals surface area (Å²) < 4.78 is 27.3. The standard InChI is InChI=1S/C14H24N2O2S/c1-10(2)14(4,5)9-16-19(17,18)13-7-6-12(15)8-11(13)3/h6-8,10,16H,9,15H2,1-5H3. The fraction of sp³-hybridized carbons (Fsp3) is 0.571. The van der Waals surface area contributed by atoms with Gasteiger partial charge in [-0.25, -0.2) is 13.1 Å². The molecule has 0 spiro atoms. The quantitative estimate of drug-likeness (QED) is 0.816. The summed E-state index contributed by atoms with van der Waals surface area (Å²) >= 11 is 0. The lowest BCUT2D eigenvalue weighted by molar-refractivity contribution is 0.252. The van der Waals surface area contributed by atoms with Crippen LogP contribution < -0.4 is 10.5 Å². The molecule has 108 valence electrons. The lowest BCUT2D eigenvalue weighted by Crippen LogP contribution is -2.37. The molecule has 1 aromatic rings. The Morgan fingerprint density at radius 1 is 1.32 bits per heavy atom. The number of benzene rings is 1. The zero-order valence-corrected chi connectivity index (χ0v) is 13.1. The maximum Gasteiger partial charge on any atom is 0.240 e. The molecule has 0 heterocycles. The van der Waals surface area contributed by atoms with E-state index in [2.05, 4.69) is 32.4 Å². The minimum absolute atomic E-state index is 0.0885. The highest BCUT2D eigenvalue weighted by molar-refractivity contribution is 7.89. The van der Waals surface area contributed by atoms with Crippen LogP contribution in [0, 0.1) is 18.3 Å². The molecule has 1 rings (SSSR count). The van der Waals surface area contributed by atoms with Crippen LogP contribution in [-0.2, 0) is 10.0 Å². The number of hydrogen-bond donors (Lipinski definition) is 2. The Balaban J connectivity index is 2.94. The van der Waals surface area contributed by atoms with Crippen molar-refractivity contribution in [3.8, 4) is 0 Å². The Morgan fingerprint density at radius 2 is 1.89 bits per heavy atom. The van der Waals surface area contributed by atoms with E-state index in [1.807, 2.05) is 0 Å². The van der Waals surface area contributed by atoms with Crippen LogP contribution >= 0.6 is 0 Å². The zero-order chi connectivity index (χ0) is 14.8. The molecule has 1 aromatic carbocycles. The van der Waals surface area contributed by atoms with Gasteiger partial charge in [0.1, 0.15) is 0 Å².